The van der Waals surface area contributed by atoms with E-state index in [9.17, 15) is 4.79 Å². The minimum Gasteiger partial charge on any atom is -0.493 e. The monoisotopic (exact) mass is 240 g/mol. The summed E-state index contributed by atoms with van der Waals surface area (Å²) in [5.74, 6) is 0.955. The molecule has 1 aromatic heterocycles. The van der Waals surface area contributed by atoms with Crippen molar-refractivity contribution in [1.29, 1.82) is 0 Å². The highest BCUT2D eigenvalue weighted by Crippen LogP contribution is 2.26. The molecule has 0 atom stereocenters. The van der Waals surface area contributed by atoms with Crippen LogP contribution in [0.2, 0.25) is 0 Å². The number of benzene rings is 1. The summed E-state index contributed by atoms with van der Waals surface area (Å²) >= 11 is 0. The Morgan fingerprint density at radius 1 is 1.33 bits per heavy atom. The molecule has 0 spiro atoms. The number of Topliss-reactive ketones (excluding diaryl/α,β-unsaturated/α-hetero) is 1. The number of nitrogens with zero attached hydrogens (tertiary/aromatic N) is 2. The van der Waals surface area contributed by atoms with Crippen molar-refractivity contribution < 1.29 is 9.53 Å². The van der Waals surface area contributed by atoms with Crippen molar-refractivity contribution in [2.45, 2.75) is 12.8 Å². The van der Waals surface area contributed by atoms with Gasteiger partial charge in [-0.15, -0.1) is 0 Å². The zero-order chi connectivity index (χ0) is 12.4. The maximum absolute atomic E-state index is 12.1. The van der Waals surface area contributed by atoms with Gasteiger partial charge in [-0.3, -0.25) is 4.79 Å². The van der Waals surface area contributed by atoms with Crippen molar-refractivity contribution in [3.05, 3.63) is 53.3 Å². The molecule has 0 amide bonds. The first-order chi connectivity index (χ1) is 8.83. The molecule has 0 N–H and O–H groups in total. The third kappa shape index (κ3) is 2.09. The standard InChI is InChI=1S/C14H12N2O2/c17-13(9-12-2-1-6-15-16-12)10-3-4-14-11(8-10)5-7-18-14/h1-4,6,8H,5,7,9H2. The number of carbonyl (C=O) groups excluding carboxylic acids is 1. The molecule has 2 aromatic rings. The van der Waals surface area contributed by atoms with Gasteiger partial charge < -0.3 is 4.74 Å². The zero-order valence-electron chi connectivity index (χ0n) is 9.80. The number of rotatable bonds is 3. The molecule has 0 fully saturated rings. The van der Waals surface area contributed by atoms with Gasteiger partial charge in [0, 0.05) is 18.2 Å². The lowest BCUT2D eigenvalue weighted by Gasteiger charge is -2.03. The van der Waals surface area contributed by atoms with Crippen molar-refractivity contribution in [3.8, 4) is 5.75 Å². The number of ketones is 1. The fourth-order valence-corrected chi connectivity index (χ4v) is 2.05. The highest BCUT2D eigenvalue weighted by Gasteiger charge is 2.15. The molecule has 0 saturated carbocycles. The van der Waals surface area contributed by atoms with E-state index in [2.05, 4.69) is 10.2 Å². The van der Waals surface area contributed by atoms with E-state index in [-0.39, 0.29) is 12.2 Å². The fraction of sp³-hybridized carbons (Fsp3) is 0.214. The summed E-state index contributed by atoms with van der Waals surface area (Å²) < 4.78 is 5.42. The SMILES string of the molecule is O=C(Cc1cccnn1)c1ccc2c(c1)CCO2. The predicted molar refractivity (Wildman–Crippen MR) is 65.7 cm³/mol. The van der Waals surface area contributed by atoms with E-state index in [1.807, 2.05) is 18.2 Å². The normalized spacial score (nSPS) is 12.9. The lowest BCUT2D eigenvalue weighted by Crippen LogP contribution is -2.05. The molecule has 1 aliphatic heterocycles. The molecule has 18 heavy (non-hydrogen) atoms. The van der Waals surface area contributed by atoms with E-state index < -0.39 is 0 Å². The van der Waals surface area contributed by atoms with Crippen LogP contribution in [-0.4, -0.2) is 22.6 Å². The molecule has 90 valence electrons. The summed E-state index contributed by atoms with van der Waals surface area (Å²) in [5.41, 5.74) is 2.52. The van der Waals surface area contributed by atoms with Gasteiger partial charge in [-0.2, -0.15) is 10.2 Å². The minimum absolute atomic E-state index is 0.0604. The predicted octanol–water partition coefficient (Wildman–Crippen LogP) is 1.84. The van der Waals surface area contributed by atoms with Gasteiger partial charge in [-0.05, 0) is 35.9 Å². The third-order valence-electron chi connectivity index (χ3n) is 2.98. The van der Waals surface area contributed by atoms with Crippen LogP contribution in [0.5, 0.6) is 5.75 Å². The lowest BCUT2D eigenvalue weighted by atomic mass is 10.0. The molecule has 1 aromatic carbocycles. The number of hydrogen-bond donors (Lipinski definition) is 0. The number of fused-ring (bicyclic) bond motifs is 1. The summed E-state index contributed by atoms with van der Waals surface area (Å²) in [6.07, 6.45) is 2.76. The van der Waals surface area contributed by atoms with Gasteiger partial charge in [0.15, 0.2) is 5.78 Å². The average Bonchev–Trinajstić information content (AvgIpc) is 2.87. The van der Waals surface area contributed by atoms with E-state index in [4.69, 9.17) is 4.74 Å². The number of carbonyl (C=O) groups is 1. The Labute approximate surface area is 105 Å². The van der Waals surface area contributed by atoms with Gasteiger partial charge in [0.2, 0.25) is 0 Å². The van der Waals surface area contributed by atoms with Crippen molar-refractivity contribution in [1.82, 2.24) is 10.2 Å². The highest BCUT2D eigenvalue weighted by atomic mass is 16.5. The molecule has 0 unspecified atom stereocenters. The van der Waals surface area contributed by atoms with Crippen molar-refractivity contribution in [3.63, 3.8) is 0 Å². The Morgan fingerprint density at radius 3 is 3.11 bits per heavy atom. The lowest BCUT2D eigenvalue weighted by molar-refractivity contribution is 0.0991. The molecule has 1 aliphatic rings. The largest absolute Gasteiger partial charge is 0.493 e. The molecule has 4 nitrogen and oxygen atoms in total. The quantitative estimate of drug-likeness (QED) is 0.768. The Kier molecular flexibility index (Phi) is 2.76. The van der Waals surface area contributed by atoms with Crippen LogP contribution in [0.3, 0.4) is 0 Å². The average molecular weight is 240 g/mol. The summed E-state index contributed by atoms with van der Waals surface area (Å²) in [7, 11) is 0. The van der Waals surface area contributed by atoms with Crippen LogP contribution in [0.1, 0.15) is 21.6 Å². The van der Waals surface area contributed by atoms with Crippen molar-refractivity contribution >= 4 is 5.78 Å². The maximum Gasteiger partial charge on any atom is 0.168 e. The van der Waals surface area contributed by atoms with Crippen LogP contribution in [0.4, 0.5) is 0 Å². The molecular weight excluding hydrogens is 228 g/mol. The van der Waals surface area contributed by atoms with E-state index >= 15 is 0 Å². The molecule has 2 heterocycles. The van der Waals surface area contributed by atoms with Crippen LogP contribution in [-0.2, 0) is 12.8 Å². The Hall–Kier alpha value is -2.23. The molecule has 0 aliphatic carbocycles. The second-order valence-corrected chi connectivity index (χ2v) is 4.24. The smallest absolute Gasteiger partial charge is 0.168 e. The van der Waals surface area contributed by atoms with Gasteiger partial charge in [0.1, 0.15) is 5.75 Å². The summed E-state index contributed by atoms with van der Waals surface area (Å²) in [5, 5.41) is 7.69. The number of aromatic nitrogens is 2. The molecule has 3 rings (SSSR count). The van der Waals surface area contributed by atoms with Crippen LogP contribution < -0.4 is 4.74 Å². The first-order valence-corrected chi connectivity index (χ1v) is 5.88. The van der Waals surface area contributed by atoms with Crippen LogP contribution in [0.15, 0.2) is 36.5 Å². The topological polar surface area (TPSA) is 52.1 Å². The van der Waals surface area contributed by atoms with Crippen LogP contribution >= 0.6 is 0 Å². The summed E-state index contributed by atoms with van der Waals surface area (Å²) in [4.78, 5) is 12.1. The molecule has 0 saturated heterocycles. The van der Waals surface area contributed by atoms with E-state index in [0.29, 0.717) is 17.9 Å². The Balaban J connectivity index is 1.81. The fourth-order valence-electron chi connectivity index (χ4n) is 2.05. The van der Waals surface area contributed by atoms with Crippen molar-refractivity contribution in [2.24, 2.45) is 0 Å². The zero-order valence-corrected chi connectivity index (χ0v) is 9.80. The van der Waals surface area contributed by atoms with Gasteiger partial charge in [0.25, 0.3) is 0 Å². The van der Waals surface area contributed by atoms with E-state index in [1.54, 1.807) is 18.3 Å². The van der Waals surface area contributed by atoms with Gasteiger partial charge in [0.05, 0.1) is 18.7 Å². The number of hydrogen-bond acceptors (Lipinski definition) is 4. The second kappa shape index (κ2) is 4.56. The second-order valence-electron chi connectivity index (χ2n) is 4.24. The number of ether oxygens (including phenoxy) is 1. The van der Waals surface area contributed by atoms with Crippen molar-refractivity contribution in [2.75, 3.05) is 6.61 Å². The van der Waals surface area contributed by atoms with Crippen LogP contribution in [0, 0.1) is 0 Å². The van der Waals surface area contributed by atoms with Crippen LogP contribution in [0.25, 0.3) is 0 Å². The van der Waals surface area contributed by atoms with E-state index in [0.717, 1.165) is 17.7 Å². The van der Waals surface area contributed by atoms with E-state index in [1.165, 1.54) is 0 Å². The van der Waals surface area contributed by atoms with Gasteiger partial charge in [-0.25, -0.2) is 0 Å². The molecule has 4 heteroatoms. The first kappa shape index (κ1) is 10.9. The summed E-state index contributed by atoms with van der Waals surface area (Å²) in [6.45, 7) is 0.705. The van der Waals surface area contributed by atoms with Gasteiger partial charge >= 0.3 is 0 Å². The molecule has 0 bridgehead atoms. The summed E-state index contributed by atoms with van der Waals surface area (Å²) in [6, 6.07) is 9.18. The Morgan fingerprint density at radius 2 is 2.28 bits per heavy atom. The van der Waals surface area contributed by atoms with Gasteiger partial charge in [-0.1, -0.05) is 0 Å². The Bertz CT molecular complexity index is 582. The molecular formula is C14H12N2O2. The maximum atomic E-state index is 12.1. The molecule has 0 radical (unpaired) electrons. The third-order valence-corrected chi connectivity index (χ3v) is 2.98. The first-order valence-electron chi connectivity index (χ1n) is 5.88. The minimum atomic E-state index is 0.0604. The highest BCUT2D eigenvalue weighted by molar-refractivity contribution is 5.97.